The zero-order valence-corrected chi connectivity index (χ0v) is 20.3. The molecule has 6 heteroatoms. The van der Waals surface area contributed by atoms with Gasteiger partial charge >= 0.3 is 5.97 Å². The van der Waals surface area contributed by atoms with E-state index in [-0.39, 0.29) is 18.9 Å². The van der Waals surface area contributed by atoms with Crippen LogP contribution in [0.2, 0.25) is 0 Å². The molecule has 0 saturated carbocycles. The van der Waals surface area contributed by atoms with Crippen molar-refractivity contribution in [1.29, 1.82) is 0 Å². The number of hydrogen-bond donors (Lipinski definition) is 2. The highest BCUT2D eigenvalue weighted by Crippen LogP contribution is 2.29. The van der Waals surface area contributed by atoms with Crippen molar-refractivity contribution >= 4 is 5.97 Å². The van der Waals surface area contributed by atoms with Gasteiger partial charge in [0.2, 0.25) is 0 Å². The summed E-state index contributed by atoms with van der Waals surface area (Å²) in [6, 6.07) is 19.6. The number of carbonyl (C=O) groups is 1. The molecule has 0 aliphatic rings. The quantitative estimate of drug-likeness (QED) is 0.217. The standard InChI is InChI=1S/C29H33F2NO3/c1-20-10-11-22(17-21(20)2)18-24(26-13-12-25(30)19-27(26)31)9-6-16-35-29(32-15-14-28(33)34)23-7-4-3-5-8-23/h3-5,7-8,10-13,17,19,24,29,32H,6,9,14-16,18H2,1-2H3,(H,33,34). The molecule has 0 fully saturated rings. The molecule has 35 heavy (non-hydrogen) atoms. The smallest absolute Gasteiger partial charge is 0.304 e. The van der Waals surface area contributed by atoms with Crippen LogP contribution in [-0.2, 0) is 16.0 Å². The van der Waals surface area contributed by atoms with Gasteiger partial charge in [-0.2, -0.15) is 0 Å². The predicted molar refractivity (Wildman–Crippen MR) is 133 cm³/mol. The van der Waals surface area contributed by atoms with E-state index in [2.05, 4.69) is 37.4 Å². The summed E-state index contributed by atoms with van der Waals surface area (Å²) in [5, 5.41) is 12.1. The Morgan fingerprint density at radius 3 is 2.46 bits per heavy atom. The molecule has 0 aliphatic heterocycles. The molecule has 0 amide bonds. The minimum Gasteiger partial charge on any atom is -0.481 e. The third kappa shape index (κ3) is 8.26. The summed E-state index contributed by atoms with van der Waals surface area (Å²) in [5.41, 5.74) is 4.91. The van der Waals surface area contributed by atoms with E-state index in [0.717, 1.165) is 17.2 Å². The first-order valence-electron chi connectivity index (χ1n) is 12.0. The molecule has 3 aromatic carbocycles. The summed E-state index contributed by atoms with van der Waals surface area (Å²) in [6.45, 7) is 4.80. The highest BCUT2D eigenvalue weighted by Gasteiger charge is 2.18. The van der Waals surface area contributed by atoms with E-state index >= 15 is 0 Å². The van der Waals surface area contributed by atoms with Crippen LogP contribution in [0.1, 0.15) is 59.2 Å². The maximum Gasteiger partial charge on any atom is 0.304 e. The number of ether oxygens (including phenoxy) is 1. The molecule has 3 rings (SSSR count). The molecule has 3 aromatic rings. The second-order valence-electron chi connectivity index (χ2n) is 8.89. The van der Waals surface area contributed by atoms with E-state index in [1.54, 1.807) is 0 Å². The van der Waals surface area contributed by atoms with Crippen molar-refractivity contribution in [3.05, 3.63) is 106 Å². The third-order valence-corrected chi connectivity index (χ3v) is 6.21. The Morgan fingerprint density at radius 2 is 1.77 bits per heavy atom. The number of carboxylic acids is 1. The predicted octanol–water partition coefficient (Wildman–Crippen LogP) is 6.47. The number of hydrogen-bond acceptors (Lipinski definition) is 3. The molecule has 0 bridgehead atoms. The van der Waals surface area contributed by atoms with Gasteiger partial charge in [0, 0.05) is 19.2 Å². The van der Waals surface area contributed by atoms with E-state index in [4.69, 9.17) is 9.84 Å². The average Bonchev–Trinajstić information content (AvgIpc) is 2.82. The van der Waals surface area contributed by atoms with Crippen LogP contribution in [0.5, 0.6) is 0 Å². The Morgan fingerprint density at radius 1 is 1.00 bits per heavy atom. The number of halogens is 2. The van der Waals surface area contributed by atoms with Gasteiger partial charge in [-0.25, -0.2) is 8.78 Å². The summed E-state index contributed by atoms with van der Waals surface area (Å²) >= 11 is 0. The maximum atomic E-state index is 14.7. The zero-order valence-electron chi connectivity index (χ0n) is 20.3. The fraction of sp³-hybridized carbons (Fsp3) is 0.345. The van der Waals surface area contributed by atoms with Gasteiger partial charge in [-0.05, 0) is 72.9 Å². The summed E-state index contributed by atoms with van der Waals surface area (Å²) in [6.07, 6.45) is 1.52. The van der Waals surface area contributed by atoms with Crippen LogP contribution in [0, 0.1) is 25.5 Å². The Balaban J connectivity index is 1.67. The number of aryl methyl sites for hydroxylation is 2. The molecule has 2 atom stereocenters. The van der Waals surface area contributed by atoms with Crippen molar-refractivity contribution in [2.45, 2.75) is 51.7 Å². The van der Waals surface area contributed by atoms with Gasteiger partial charge < -0.3 is 9.84 Å². The van der Waals surface area contributed by atoms with Crippen LogP contribution in [0.25, 0.3) is 0 Å². The van der Waals surface area contributed by atoms with Gasteiger partial charge in [0.05, 0.1) is 6.42 Å². The van der Waals surface area contributed by atoms with Gasteiger partial charge in [0.15, 0.2) is 0 Å². The van der Waals surface area contributed by atoms with E-state index in [9.17, 15) is 13.6 Å². The van der Waals surface area contributed by atoms with Crippen molar-refractivity contribution in [3.8, 4) is 0 Å². The molecule has 0 radical (unpaired) electrons. The number of benzene rings is 3. The molecule has 0 saturated heterocycles. The second kappa shape index (κ2) is 13.1. The van der Waals surface area contributed by atoms with E-state index < -0.39 is 23.8 Å². The first-order chi connectivity index (χ1) is 16.8. The molecule has 4 nitrogen and oxygen atoms in total. The summed E-state index contributed by atoms with van der Waals surface area (Å²) in [5.74, 6) is -2.12. The molecule has 0 aromatic heterocycles. The van der Waals surface area contributed by atoms with E-state index in [0.29, 0.717) is 31.4 Å². The van der Waals surface area contributed by atoms with Crippen LogP contribution in [-0.4, -0.2) is 24.2 Å². The van der Waals surface area contributed by atoms with Crippen LogP contribution in [0.3, 0.4) is 0 Å². The van der Waals surface area contributed by atoms with Gasteiger partial charge in [0.25, 0.3) is 0 Å². The minimum atomic E-state index is -0.875. The normalized spacial score (nSPS) is 12.9. The molecular formula is C29H33F2NO3. The highest BCUT2D eigenvalue weighted by molar-refractivity contribution is 5.66. The lowest BCUT2D eigenvalue weighted by Crippen LogP contribution is -2.26. The SMILES string of the molecule is Cc1ccc(CC(CCCOC(NCCC(=O)O)c2ccccc2)c2ccc(F)cc2F)cc1C. The first kappa shape index (κ1) is 26.5. The largest absolute Gasteiger partial charge is 0.481 e. The summed E-state index contributed by atoms with van der Waals surface area (Å²) in [7, 11) is 0. The molecule has 2 unspecified atom stereocenters. The van der Waals surface area contributed by atoms with Gasteiger partial charge in [-0.3, -0.25) is 10.1 Å². The lowest BCUT2D eigenvalue weighted by molar-refractivity contribution is -0.137. The van der Waals surface area contributed by atoms with Crippen molar-refractivity contribution in [2.75, 3.05) is 13.2 Å². The van der Waals surface area contributed by atoms with Crippen LogP contribution >= 0.6 is 0 Å². The van der Waals surface area contributed by atoms with Crippen molar-refractivity contribution < 1.29 is 23.4 Å². The third-order valence-electron chi connectivity index (χ3n) is 6.21. The van der Waals surface area contributed by atoms with Crippen molar-refractivity contribution in [3.63, 3.8) is 0 Å². The minimum absolute atomic E-state index is 0.00538. The topological polar surface area (TPSA) is 58.6 Å². The maximum absolute atomic E-state index is 14.7. The Hall–Kier alpha value is -3.09. The highest BCUT2D eigenvalue weighted by atomic mass is 19.1. The first-order valence-corrected chi connectivity index (χ1v) is 12.0. The van der Waals surface area contributed by atoms with Crippen LogP contribution in [0.15, 0.2) is 66.7 Å². The number of aliphatic carboxylic acids is 1. The van der Waals surface area contributed by atoms with Gasteiger partial charge in [-0.1, -0.05) is 54.6 Å². The fourth-order valence-electron chi connectivity index (χ4n) is 4.16. The lowest BCUT2D eigenvalue weighted by Gasteiger charge is -2.22. The van der Waals surface area contributed by atoms with Crippen LogP contribution in [0.4, 0.5) is 8.78 Å². The molecule has 186 valence electrons. The number of rotatable bonds is 13. The average molecular weight is 482 g/mol. The van der Waals surface area contributed by atoms with Crippen molar-refractivity contribution in [2.24, 2.45) is 0 Å². The van der Waals surface area contributed by atoms with E-state index in [1.165, 1.54) is 23.3 Å². The Kier molecular flexibility index (Phi) is 9.94. The Bertz CT molecular complexity index is 1100. The molecule has 0 aliphatic carbocycles. The summed E-state index contributed by atoms with van der Waals surface area (Å²) in [4.78, 5) is 10.9. The van der Waals surface area contributed by atoms with Gasteiger partial charge in [-0.15, -0.1) is 0 Å². The Labute approximate surface area is 206 Å². The van der Waals surface area contributed by atoms with Crippen LogP contribution < -0.4 is 5.32 Å². The molecule has 0 heterocycles. The number of nitrogens with one attached hydrogen (secondary N) is 1. The van der Waals surface area contributed by atoms with Gasteiger partial charge in [0.1, 0.15) is 17.9 Å². The zero-order chi connectivity index (χ0) is 25.2. The molecule has 0 spiro atoms. The van der Waals surface area contributed by atoms with Crippen molar-refractivity contribution in [1.82, 2.24) is 5.32 Å². The number of carboxylic acid groups (broad SMARTS) is 1. The van der Waals surface area contributed by atoms with E-state index in [1.807, 2.05) is 30.3 Å². The second-order valence-corrected chi connectivity index (χ2v) is 8.89. The fourth-order valence-corrected chi connectivity index (χ4v) is 4.16. The lowest BCUT2D eigenvalue weighted by atomic mass is 9.87. The monoisotopic (exact) mass is 481 g/mol. The summed E-state index contributed by atoms with van der Waals surface area (Å²) < 4.78 is 34.3. The molecule has 2 N–H and O–H groups in total. The molecular weight excluding hydrogens is 448 g/mol.